The standard InChI is InChI=1S/C19H31N5O3/c1-12(2)24-17-8-15(20-10-14(17)11-21-24)16-9-18(27-22-16)13-4-6-23(7-5-13)19(25)26-3/h9,12-15,17,20-21H,4-8,10-11H2,1-3H3. The Morgan fingerprint density at radius 3 is 2.81 bits per heavy atom. The molecule has 1 amide bonds. The molecule has 3 saturated heterocycles. The Morgan fingerprint density at radius 2 is 2.11 bits per heavy atom. The number of rotatable bonds is 3. The minimum absolute atomic E-state index is 0.236. The fourth-order valence-electron chi connectivity index (χ4n) is 4.76. The minimum Gasteiger partial charge on any atom is -0.453 e. The Hall–Kier alpha value is -1.64. The van der Waals surface area contributed by atoms with E-state index < -0.39 is 0 Å². The molecule has 1 aromatic rings. The van der Waals surface area contributed by atoms with Gasteiger partial charge in [0.1, 0.15) is 11.5 Å². The van der Waals surface area contributed by atoms with Gasteiger partial charge in [-0.05, 0) is 33.1 Å². The van der Waals surface area contributed by atoms with Crippen LogP contribution >= 0.6 is 0 Å². The van der Waals surface area contributed by atoms with Crippen LogP contribution in [0.2, 0.25) is 0 Å². The van der Waals surface area contributed by atoms with Crippen LogP contribution in [-0.4, -0.2) is 66.5 Å². The smallest absolute Gasteiger partial charge is 0.409 e. The van der Waals surface area contributed by atoms with E-state index in [1.807, 2.05) is 0 Å². The van der Waals surface area contributed by atoms with Crippen molar-refractivity contribution in [2.24, 2.45) is 5.92 Å². The highest BCUT2D eigenvalue weighted by Gasteiger charge is 2.41. The molecule has 8 heteroatoms. The van der Waals surface area contributed by atoms with Crippen molar-refractivity contribution in [1.82, 2.24) is 25.8 Å². The van der Waals surface area contributed by atoms with Crippen molar-refractivity contribution in [1.29, 1.82) is 0 Å². The van der Waals surface area contributed by atoms with E-state index in [1.54, 1.807) is 4.90 Å². The Morgan fingerprint density at radius 1 is 1.33 bits per heavy atom. The number of ether oxygens (including phenoxy) is 1. The predicted octanol–water partition coefficient (Wildman–Crippen LogP) is 1.87. The van der Waals surface area contributed by atoms with Crippen molar-refractivity contribution in [3.8, 4) is 0 Å². The first-order chi connectivity index (χ1) is 13.1. The lowest BCUT2D eigenvalue weighted by atomic mass is 9.88. The number of hydrazine groups is 1. The van der Waals surface area contributed by atoms with Crippen LogP contribution in [0.4, 0.5) is 4.79 Å². The zero-order chi connectivity index (χ0) is 19.0. The monoisotopic (exact) mass is 377 g/mol. The predicted molar refractivity (Wildman–Crippen MR) is 100 cm³/mol. The summed E-state index contributed by atoms with van der Waals surface area (Å²) in [5, 5.41) is 10.4. The molecule has 0 bridgehead atoms. The van der Waals surface area contributed by atoms with Gasteiger partial charge in [0.15, 0.2) is 0 Å². The number of aromatic nitrogens is 1. The molecule has 0 radical (unpaired) electrons. The third-order valence-electron chi connectivity index (χ3n) is 6.33. The van der Waals surface area contributed by atoms with Gasteiger partial charge in [-0.15, -0.1) is 0 Å². The van der Waals surface area contributed by atoms with Crippen molar-refractivity contribution in [2.45, 2.75) is 57.2 Å². The third-order valence-corrected chi connectivity index (χ3v) is 6.33. The highest BCUT2D eigenvalue weighted by atomic mass is 16.5. The van der Waals surface area contributed by atoms with E-state index in [4.69, 9.17) is 9.26 Å². The van der Waals surface area contributed by atoms with Crippen molar-refractivity contribution < 1.29 is 14.1 Å². The molecule has 1 aromatic heterocycles. The second kappa shape index (κ2) is 7.77. The number of methoxy groups -OCH3 is 1. The van der Waals surface area contributed by atoms with Gasteiger partial charge in [-0.1, -0.05) is 5.16 Å². The van der Waals surface area contributed by atoms with Gasteiger partial charge in [0.25, 0.3) is 0 Å². The second-order valence-electron chi connectivity index (χ2n) is 8.27. The van der Waals surface area contributed by atoms with E-state index in [1.165, 1.54) is 7.11 Å². The summed E-state index contributed by atoms with van der Waals surface area (Å²) in [6.45, 7) is 7.93. The van der Waals surface area contributed by atoms with Crippen molar-refractivity contribution >= 4 is 6.09 Å². The number of carbonyl (C=O) groups excluding carboxylic acids is 1. The number of amides is 1. The Labute approximate surface area is 160 Å². The number of piperidine rings is 2. The molecular weight excluding hydrogens is 346 g/mol. The van der Waals surface area contributed by atoms with Crippen LogP contribution in [0.25, 0.3) is 0 Å². The maximum absolute atomic E-state index is 11.6. The summed E-state index contributed by atoms with van der Waals surface area (Å²) in [5.74, 6) is 1.92. The van der Waals surface area contributed by atoms with Gasteiger partial charge in [0.05, 0.1) is 13.2 Å². The maximum atomic E-state index is 11.6. The molecule has 8 nitrogen and oxygen atoms in total. The number of carbonyl (C=O) groups is 1. The maximum Gasteiger partial charge on any atom is 0.409 e. The molecule has 0 aromatic carbocycles. The van der Waals surface area contributed by atoms with Crippen molar-refractivity contribution in [3.05, 3.63) is 17.5 Å². The van der Waals surface area contributed by atoms with Crippen LogP contribution in [-0.2, 0) is 4.74 Å². The Kier molecular flexibility index (Phi) is 5.39. The van der Waals surface area contributed by atoms with Crippen molar-refractivity contribution in [3.63, 3.8) is 0 Å². The molecule has 150 valence electrons. The molecule has 3 aliphatic rings. The number of nitrogens with zero attached hydrogens (tertiary/aromatic N) is 3. The van der Waals surface area contributed by atoms with Crippen molar-refractivity contribution in [2.75, 3.05) is 33.3 Å². The molecule has 4 rings (SSSR count). The van der Waals surface area contributed by atoms with E-state index in [0.29, 0.717) is 37.0 Å². The summed E-state index contributed by atoms with van der Waals surface area (Å²) in [6.07, 6.45) is 2.57. The lowest BCUT2D eigenvalue weighted by molar-refractivity contribution is 0.0981. The molecule has 2 N–H and O–H groups in total. The highest BCUT2D eigenvalue weighted by Crippen LogP contribution is 2.34. The SMILES string of the molecule is COC(=O)N1CCC(c2cc(C3CC4C(CN3)CNN4C(C)C)no2)CC1. The average Bonchev–Trinajstić information content (AvgIpc) is 3.34. The van der Waals surface area contributed by atoms with E-state index >= 15 is 0 Å². The molecule has 0 spiro atoms. The fourth-order valence-corrected chi connectivity index (χ4v) is 4.76. The zero-order valence-electron chi connectivity index (χ0n) is 16.5. The van der Waals surface area contributed by atoms with Gasteiger partial charge in [-0.25, -0.2) is 9.80 Å². The summed E-state index contributed by atoms with van der Waals surface area (Å²) >= 11 is 0. The molecule has 3 unspecified atom stereocenters. The van der Waals surface area contributed by atoms with Gasteiger partial charge in [-0.3, -0.25) is 5.43 Å². The largest absolute Gasteiger partial charge is 0.453 e. The number of hydrogen-bond donors (Lipinski definition) is 2. The molecule has 27 heavy (non-hydrogen) atoms. The van der Waals surface area contributed by atoms with Gasteiger partial charge < -0.3 is 19.5 Å². The molecular formula is C19H31N5O3. The number of fused-ring (bicyclic) bond motifs is 1. The van der Waals surface area contributed by atoms with E-state index in [9.17, 15) is 4.79 Å². The Balaban J connectivity index is 1.38. The van der Waals surface area contributed by atoms with E-state index in [0.717, 1.165) is 43.8 Å². The average molecular weight is 377 g/mol. The summed E-state index contributed by atoms with van der Waals surface area (Å²) in [6, 6.07) is 3.39. The fraction of sp³-hybridized carbons (Fsp3) is 0.789. The van der Waals surface area contributed by atoms with Crippen LogP contribution in [0.5, 0.6) is 0 Å². The summed E-state index contributed by atoms with van der Waals surface area (Å²) < 4.78 is 10.5. The van der Waals surface area contributed by atoms with Crippen LogP contribution in [0.3, 0.4) is 0 Å². The van der Waals surface area contributed by atoms with Gasteiger partial charge >= 0.3 is 6.09 Å². The summed E-state index contributed by atoms with van der Waals surface area (Å²) in [5.41, 5.74) is 4.56. The lowest BCUT2D eigenvalue weighted by Gasteiger charge is -2.37. The Bertz CT molecular complexity index is 656. The summed E-state index contributed by atoms with van der Waals surface area (Å²) in [4.78, 5) is 13.4. The van der Waals surface area contributed by atoms with Crippen LogP contribution < -0.4 is 10.7 Å². The minimum atomic E-state index is -0.243. The van der Waals surface area contributed by atoms with E-state index in [2.05, 4.69) is 40.8 Å². The zero-order valence-corrected chi connectivity index (χ0v) is 16.5. The number of nitrogens with one attached hydrogen (secondary N) is 2. The van der Waals surface area contributed by atoms with Crippen LogP contribution in [0, 0.1) is 5.92 Å². The number of likely N-dealkylation sites (tertiary alicyclic amines) is 1. The van der Waals surface area contributed by atoms with Gasteiger partial charge in [-0.2, -0.15) is 0 Å². The van der Waals surface area contributed by atoms with Gasteiger partial charge in [0.2, 0.25) is 0 Å². The van der Waals surface area contributed by atoms with Crippen LogP contribution in [0.15, 0.2) is 10.6 Å². The van der Waals surface area contributed by atoms with Gasteiger partial charge in [0, 0.05) is 56.2 Å². The molecule has 3 aliphatic heterocycles. The topological polar surface area (TPSA) is 82.9 Å². The molecule has 3 fully saturated rings. The van der Waals surface area contributed by atoms with Crippen LogP contribution in [0.1, 0.15) is 56.5 Å². The first kappa shape index (κ1) is 18.7. The second-order valence-corrected chi connectivity index (χ2v) is 8.27. The first-order valence-corrected chi connectivity index (χ1v) is 10.1. The molecule has 3 atom stereocenters. The quantitative estimate of drug-likeness (QED) is 0.832. The normalized spacial score (nSPS) is 29.9. The molecule has 0 aliphatic carbocycles. The number of hydrogen-bond acceptors (Lipinski definition) is 7. The lowest BCUT2D eigenvalue weighted by Crippen LogP contribution is -2.49. The molecule has 4 heterocycles. The highest BCUT2D eigenvalue weighted by molar-refractivity contribution is 5.67. The first-order valence-electron chi connectivity index (χ1n) is 10.1. The summed E-state index contributed by atoms with van der Waals surface area (Å²) in [7, 11) is 1.43. The van der Waals surface area contributed by atoms with E-state index in [-0.39, 0.29) is 12.1 Å². The third kappa shape index (κ3) is 3.70. The molecule has 0 saturated carbocycles.